The predicted molar refractivity (Wildman–Crippen MR) is 129 cm³/mol. The molecule has 0 saturated carbocycles. The summed E-state index contributed by atoms with van der Waals surface area (Å²) < 4.78 is 5.91. The maximum Gasteiger partial charge on any atom is 0.411 e. The van der Waals surface area contributed by atoms with Crippen molar-refractivity contribution in [3.05, 3.63) is 87.9 Å². The predicted octanol–water partition coefficient (Wildman–Crippen LogP) is 3.99. The molecular weight excluding hydrogens is 504 g/mol. The van der Waals surface area contributed by atoms with E-state index >= 15 is 0 Å². The van der Waals surface area contributed by atoms with Gasteiger partial charge in [0.2, 0.25) is 0 Å². The highest BCUT2D eigenvalue weighted by atomic mass is 79.9. The molecule has 4 rings (SSSR count). The van der Waals surface area contributed by atoms with Gasteiger partial charge in [-0.05, 0) is 56.4 Å². The number of amides is 2. The van der Waals surface area contributed by atoms with Crippen LogP contribution in [-0.2, 0) is 9.53 Å². The fraction of sp³-hybridized carbons (Fsp3) is 0.160. The van der Waals surface area contributed by atoms with Gasteiger partial charge in [-0.25, -0.2) is 9.59 Å². The number of benzene rings is 3. The Morgan fingerprint density at radius 3 is 2.18 bits per heavy atom. The number of fused-ring (bicyclic) bond motifs is 3. The minimum Gasteiger partial charge on any atom is -0.480 e. The fourth-order valence-corrected chi connectivity index (χ4v) is 4.38. The van der Waals surface area contributed by atoms with Gasteiger partial charge >= 0.3 is 12.1 Å². The summed E-state index contributed by atoms with van der Waals surface area (Å²) >= 11 is 3.24. The summed E-state index contributed by atoms with van der Waals surface area (Å²) in [5.41, 5.74) is 4.82. The highest BCUT2D eigenvalue weighted by molar-refractivity contribution is 9.10. The molecule has 0 bridgehead atoms. The Hall–Kier alpha value is -3.69. The number of aliphatic carboxylic acids is 1. The molecular formula is C25H21BrN2O6. The maximum absolute atomic E-state index is 12.5. The zero-order chi connectivity index (χ0) is 24.2. The number of ether oxygens (including phenoxy) is 1. The van der Waals surface area contributed by atoms with E-state index in [0.717, 1.165) is 22.3 Å². The third kappa shape index (κ3) is 4.80. The van der Waals surface area contributed by atoms with Crippen molar-refractivity contribution in [2.45, 2.75) is 12.0 Å². The van der Waals surface area contributed by atoms with Crippen LogP contribution in [0.25, 0.3) is 11.1 Å². The number of carbonyl (C=O) groups excluding carboxylic acids is 2. The molecule has 34 heavy (non-hydrogen) atoms. The SMILES string of the molecule is O=C(Nc1ccc(Br)c(C(=O)N[C@H](CO)C(=O)O)c1)OCC1c2ccccc2-c2ccccc21. The number of halogens is 1. The van der Waals surface area contributed by atoms with Crippen molar-refractivity contribution in [1.29, 1.82) is 0 Å². The van der Waals surface area contributed by atoms with Gasteiger partial charge in [0.05, 0.1) is 12.2 Å². The van der Waals surface area contributed by atoms with E-state index in [0.29, 0.717) is 10.2 Å². The fourth-order valence-electron chi connectivity index (χ4n) is 3.95. The minimum absolute atomic E-state index is 0.0872. The highest BCUT2D eigenvalue weighted by Gasteiger charge is 2.29. The Morgan fingerprint density at radius 1 is 0.971 bits per heavy atom. The summed E-state index contributed by atoms with van der Waals surface area (Å²) in [5.74, 6) is -2.17. The number of carboxylic acids is 1. The van der Waals surface area contributed by atoms with E-state index in [1.165, 1.54) is 6.07 Å². The number of rotatable bonds is 7. The lowest BCUT2D eigenvalue weighted by Gasteiger charge is -2.15. The van der Waals surface area contributed by atoms with Crippen LogP contribution in [0.1, 0.15) is 27.4 Å². The third-order valence-electron chi connectivity index (χ3n) is 5.59. The minimum atomic E-state index is -1.45. The molecule has 0 heterocycles. The molecule has 8 nitrogen and oxygen atoms in total. The standard InChI is InChI=1S/C25H21BrN2O6/c26-21-10-9-14(11-19(21)23(30)28-22(12-29)24(31)32)27-25(33)34-13-20-17-7-3-1-5-15(17)16-6-2-4-8-18(16)20/h1-11,20,22,29H,12-13H2,(H,27,33)(H,28,30)(H,31,32)/t22-/m1/s1. The van der Waals surface area contributed by atoms with E-state index in [1.807, 2.05) is 48.5 Å². The van der Waals surface area contributed by atoms with Crippen LogP contribution in [0, 0.1) is 0 Å². The zero-order valence-electron chi connectivity index (χ0n) is 17.8. The lowest BCUT2D eigenvalue weighted by atomic mass is 9.98. The molecule has 0 fully saturated rings. The molecule has 0 radical (unpaired) electrons. The molecule has 0 spiro atoms. The van der Waals surface area contributed by atoms with E-state index in [-0.39, 0.29) is 18.1 Å². The van der Waals surface area contributed by atoms with Crippen LogP contribution >= 0.6 is 15.9 Å². The first kappa shape index (κ1) is 23.5. The molecule has 0 aliphatic heterocycles. The van der Waals surface area contributed by atoms with Crippen molar-refractivity contribution in [1.82, 2.24) is 5.32 Å². The third-order valence-corrected chi connectivity index (χ3v) is 6.28. The summed E-state index contributed by atoms with van der Waals surface area (Å²) in [6, 6.07) is 19.1. The Balaban J connectivity index is 1.44. The molecule has 174 valence electrons. The molecule has 1 aliphatic rings. The van der Waals surface area contributed by atoms with Gasteiger partial charge in [-0.3, -0.25) is 10.1 Å². The second-order valence-electron chi connectivity index (χ2n) is 7.69. The Morgan fingerprint density at radius 2 is 1.59 bits per heavy atom. The number of anilines is 1. The molecule has 1 atom stereocenters. The Kier molecular flexibility index (Phi) is 6.95. The first-order chi connectivity index (χ1) is 16.4. The number of nitrogens with one attached hydrogen (secondary N) is 2. The molecule has 0 aromatic heterocycles. The van der Waals surface area contributed by atoms with Crippen LogP contribution in [0.5, 0.6) is 0 Å². The first-order valence-corrected chi connectivity index (χ1v) is 11.2. The summed E-state index contributed by atoms with van der Waals surface area (Å²) in [7, 11) is 0. The molecule has 4 N–H and O–H groups in total. The number of carboxylic acid groups (broad SMARTS) is 1. The van der Waals surface area contributed by atoms with Gasteiger partial charge < -0.3 is 20.3 Å². The van der Waals surface area contributed by atoms with Crippen molar-refractivity contribution >= 4 is 39.6 Å². The van der Waals surface area contributed by atoms with Gasteiger partial charge in [-0.1, -0.05) is 48.5 Å². The van der Waals surface area contributed by atoms with E-state index in [9.17, 15) is 14.4 Å². The van der Waals surface area contributed by atoms with Crippen molar-refractivity contribution in [2.24, 2.45) is 0 Å². The first-order valence-electron chi connectivity index (χ1n) is 10.4. The second-order valence-corrected chi connectivity index (χ2v) is 8.55. The molecule has 0 saturated heterocycles. The van der Waals surface area contributed by atoms with Gasteiger partial charge in [0.25, 0.3) is 5.91 Å². The van der Waals surface area contributed by atoms with Crippen molar-refractivity contribution in [3.63, 3.8) is 0 Å². The van der Waals surface area contributed by atoms with Crippen molar-refractivity contribution in [3.8, 4) is 11.1 Å². The van der Waals surface area contributed by atoms with Crippen LogP contribution in [0.3, 0.4) is 0 Å². The van der Waals surface area contributed by atoms with Gasteiger partial charge in [0.15, 0.2) is 6.04 Å². The number of hydrogen-bond donors (Lipinski definition) is 4. The van der Waals surface area contributed by atoms with Gasteiger partial charge in [-0.15, -0.1) is 0 Å². The summed E-state index contributed by atoms with van der Waals surface area (Å²) in [5, 5.41) is 23.0. The molecule has 1 aliphatic carbocycles. The maximum atomic E-state index is 12.5. The zero-order valence-corrected chi connectivity index (χ0v) is 19.4. The molecule has 0 unspecified atom stereocenters. The average Bonchev–Trinajstić information content (AvgIpc) is 3.15. The molecule has 9 heteroatoms. The van der Waals surface area contributed by atoms with Crippen LogP contribution in [-0.4, -0.2) is 47.4 Å². The van der Waals surface area contributed by atoms with Crippen LogP contribution in [0.4, 0.5) is 10.5 Å². The van der Waals surface area contributed by atoms with Crippen LogP contribution in [0.2, 0.25) is 0 Å². The quantitative estimate of drug-likeness (QED) is 0.370. The second kappa shape index (κ2) is 10.1. The van der Waals surface area contributed by atoms with Crippen molar-refractivity contribution < 1.29 is 29.3 Å². The average molecular weight is 525 g/mol. The monoisotopic (exact) mass is 524 g/mol. The topological polar surface area (TPSA) is 125 Å². The van der Waals surface area contributed by atoms with Gasteiger partial charge in [0.1, 0.15) is 6.61 Å². The Bertz CT molecular complexity index is 1220. The molecule has 3 aromatic carbocycles. The lowest BCUT2D eigenvalue weighted by Crippen LogP contribution is -2.43. The number of aliphatic hydroxyl groups excluding tert-OH is 1. The summed E-state index contributed by atoms with van der Waals surface area (Å²) in [6.45, 7) is -0.614. The number of hydrogen-bond acceptors (Lipinski definition) is 5. The number of carbonyl (C=O) groups is 3. The van der Waals surface area contributed by atoms with Gasteiger partial charge in [-0.2, -0.15) is 0 Å². The molecule has 2 amide bonds. The van der Waals surface area contributed by atoms with E-state index in [2.05, 4.69) is 26.6 Å². The summed E-state index contributed by atoms with van der Waals surface area (Å²) in [4.78, 5) is 36.0. The largest absolute Gasteiger partial charge is 0.480 e. The highest BCUT2D eigenvalue weighted by Crippen LogP contribution is 2.44. The van der Waals surface area contributed by atoms with Crippen LogP contribution in [0.15, 0.2) is 71.2 Å². The van der Waals surface area contributed by atoms with Crippen LogP contribution < -0.4 is 10.6 Å². The van der Waals surface area contributed by atoms with E-state index < -0.39 is 30.6 Å². The molecule has 3 aromatic rings. The Labute approximate surface area is 203 Å². The van der Waals surface area contributed by atoms with Crippen molar-refractivity contribution in [2.75, 3.05) is 18.5 Å². The van der Waals surface area contributed by atoms with E-state index in [1.54, 1.807) is 12.1 Å². The van der Waals surface area contributed by atoms with E-state index in [4.69, 9.17) is 14.9 Å². The summed E-state index contributed by atoms with van der Waals surface area (Å²) in [6.07, 6.45) is -0.686. The lowest BCUT2D eigenvalue weighted by molar-refractivity contribution is -0.140. The normalized spacial score (nSPS) is 12.9. The smallest absolute Gasteiger partial charge is 0.411 e. The van der Waals surface area contributed by atoms with Gasteiger partial charge in [0, 0.05) is 16.1 Å². The number of aliphatic hydroxyl groups is 1.